The van der Waals surface area contributed by atoms with Crippen LogP contribution in [-0.2, 0) is 19.1 Å². The average molecular weight is 585 g/mol. The van der Waals surface area contributed by atoms with Crippen LogP contribution in [0.5, 0.6) is 0 Å². The van der Waals surface area contributed by atoms with Gasteiger partial charge in [-0.25, -0.2) is 4.79 Å². The Bertz CT molecular complexity index is 803. The molecule has 0 heterocycles. The first-order chi connectivity index (χ1) is 20.6. The van der Waals surface area contributed by atoms with E-state index in [1.165, 1.54) is 25.7 Å². The molecule has 0 aromatic carbocycles. The molecule has 0 aliphatic heterocycles. The minimum atomic E-state index is -1.20. The molecule has 0 saturated heterocycles. The van der Waals surface area contributed by atoms with E-state index in [1.807, 2.05) is 0 Å². The fourth-order valence-corrected chi connectivity index (χ4v) is 4.28. The van der Waals surface area contributed by atoms with Gasteiger partial charge in [-0.05, 0) is 77.0 Å². The fraction of sp³-hybridized carbons (Fsp3) is 0.649. The van der Waals surface area contributed by atoms with Gasteiger partial charge in [0.15, 0.2) is 0 Å². The molecule has 0 spiro atoms. The Morgan fingerprint density at radius 1 is 0.429 bits per heavy atom. The lowest BCUT2D eigenvalue weighted by molar-refractivity contribution is -0.146. The monoisotopic (exact) mass is 584 g/mol. The van der Waals surface area contributed by atoms with E-state index in [2.05, 4.69) is 84.1 Å². The topological polar surface area (TPSA) is 69.7 Å². The van der Waals surface area contributed by atoms with Gasteiger partial charge in [0.25, 0.3) is 0 Å². The second-order valence-electron chi connectivity index (χ2n) is 10.8. The Hall–Kier alpha value is -2.69. The Kier molecular flexibility index (Phi) is 30.7. The van der Waals surface area contributed by atoms with Crippen molar-refractivity contribution in [3.8, 4) is 0 Å². The molecule has 0 saturated carbocycles. The Morgan fingerprint density at radius 3 is 1.21 bits per heavy atom. The van der Waals surface area contributed by atoms with Crippen molar-refractivity contribution >= 4 is 18.1 Å². The summed E-state index contributed by atoms with van der Waals surface area (Å²) < 4.78 is 9.24. The predicted molar refractivity (Wildman–Crippen MR) is 176 cm³/mol. The van der Waals surface area contributed by atoms with Gasteiger partial charge in [-0.15, -0.1) is 0 Å². The maximum Gasteiger partial charge on any atom is 0.524 e. The molecule has 0 unspecified atom stereocenters. The smallest absolute Gasteiger partial charge is 0.360 e. The number of unbranched alkanes of at least 4 members (excludes halogenated alkanes) is 13. The van der Waals surface area contributed by atoms with Crippen molar-refractivity contribution in [2.24, 2.45) is 0 Å². The van der Waals surface area contributed by atoms with Gasteiger partial charge in [0.2, 0.25) is 0 Å². The van der Waals surface area contributed by atoms with Crippen molar-refractivity contribution in [3.63, 3.8) is 0 Å². The van der Waals surface area contributed by atoms with Crippen molar-refractivity contribution in [3.05, 3.63) is 60.8 Å². The number of rotatable bonds is 27. The van der Waals surface area contributed by atoms with Crippen LogP contribution < -0.4 is 0 Å². The van der Waals surface area contributed by atoms with E-state index in [4.69, 9.17) is 0 Å². The highest BCUT2D eigenvalue weighted by Gasteiger charge is 2.15. The molecule has 5 nitrogen and oxygen atoms in total. The van der Waals surface area contributed by atoms with Crippen LogP contribution >= 0.6 is 0 Å². The Morgan fingerprint density at radius 2 is 0.786 bits per heavy atom. The molecule has 42 heavy (non-hydrogen) atoms. The van der Waals surface area contributed by atoms with Crippen molar-refractivity contribution in [1.29, 1.82) is 0 Å². The summed E-state index contributed by atoms with van der Waals surface area (Å²) in [5.41, 5.74) is 0. The lowest BCUT2D eigenvalue weighted by Crippen LogP contribution is -2.17. The van der Waals surface area contributed by atoms with E-state index in [0.29, 0.717) is 12.8 Å². The van der Waals surface area contributed by atoms with Crippen LogP contribution in [0.25, 0.3) is 0 Å². The first-order valence-electron chi connectivity index (χ1n) is 16.8. The van der Waals surface area contributed by atoms with Gasteiger partial charge >= 0.3 is 18.1 Å². The van der Waals surface area contributed by atoms with Gasteiger partial charge in [-0.1, -0.05) is 126 Å². The van der Waals surface area contributed by atoms with Gasteiger partial charge in [0.1, 0.15) is 0 Å². The number of carbonyl (C=O) groups excluding carboxylic acids is 3. The van der Waals surface area contributed by atoms with Crippen LogP contribution in [0.2, 0.25) is 0 Å². The van der Waals surface area contributed by atoms with E-state index in [-0.39, 0.29) is 12.8 Å². The van der Waals surface area contributed by atoms with Crippen LogP contribution in [0.1, 0.15) is 155 Å². The first kappa shape index (κ1) is 39.3. The normalized spacial score (nSPS) is 12.0. The fourth-order valence-electron chi connectivity index (χ4n) is 4.28. The lowest BCUT2D eigenvalue weighted by atomic mass is 10.1. The second kappa shape index (κ2) is 32.8. The highest BCUT2D eigenvalue weighted by molar-refractivity contribution is 5.88. The molecule has 0 aromatic heterocycles. The molecule has 0 rings (SSSR count). The van der Waals surface area contributed by atoms with Crippen molar-refractivity contribution < 1.29 is 23.9 Å². The Labute approximate surface area is 257 Å². The summed E-state index contributed by atoms with van der Waals surface area (Å²) in [6, 6.07) is 0. The quantitative estimate of drug-likeness (QED) is 0.0415. The molecular weight excluding hydrogens is 524 g/mol. The highest BCUT2D eigenvalue weighted by Crippen LogP contribution is 2.11. The van der Waals surface area contributed by atoms with E-state index in [0.717, 1.165) is 89.9 Å². The van der Waals surface area contributed by atoms with E-state index < -0.39 is 18.1 Å². The molecule has 5 heteroatoms. The number of hydrogen-bond acceptors (Lipinski definition) is 5. The maximum atomic E-state index is 11.8. The van der Waals surface area contributed by atoms with Gasteiger partial charge in [-0.3, -0.25) is 9.59 Å². The third-order valence-electron chi connectivity index (χ3n) is 6.76. The highest BCUT2D eigenvalue weighted by atomic mass is 16.8. The number of hydrogen-bond donors (Lipinski definition) is 0. The minimum absolute atomic E-state index is 0.161. The summed E-state index contributed by atoms with van der Waals surface area (Å²) in [6.45, 7) is 4.36. The SMILES string of the molecule is CC/C=C\C/C=C\C/C=C\CCCCCCCC(=O)OC(=O)OC(=O)CCCCCCC/C=C\C/C=C\CCCCC. The predicted octanol–water partition coefficient (Wildman–Crippen LogP) is 11.6. The Balaban J connectivity index is 3.56. The molecule has 0 aliphatic rings. The molecule has 0 aromatic rings. The minimum Gasteiger partial charge on any atom is -0.360 e. The summed E-state index contributed by atoms with van der Waals surface area (Å²) in [5.74, 6) is -1.27. The maximum absolute atomic E-state index is 11.8. The molecule has 0 radical (unpaired) electrons. The zero-order valence-electron chi connectivity index (χ0n) is 26.9. The van der Waals surface area contributed by atoms with Gasteiger partial charge in [0.05, 0.1) is 0 Å². The molecule has 0 N–H and O–H groups in total. The van der Waals surface area contributed by atoms with E-state index in [1.54, 1.807) is 0 Å². The van der Waals surface area contributed by atoms with Gasteiger partial charge in [0, 0.05) is 12.8 Å². The standard InChI is InChI=1S/C37H60O5/c1-3-5-7-9-11-13-15-17-19-21-23-25-27-29-31-33-35(38)41-37(40)42-36(39)34-32-30-28-26-24-22-20-18-16-14-12-10-8-6-4-2/h5,7,11-14,17-20H,3-4,6,8-10,15-16,21-34H2,1-2H3/b7-5-,13-11-,14-12-,19-17-,20-18-. The van der Waals surface area contributed by atoms with Crippen molar-refractivity contribution in [1.82, 2.24) is 0 Å². The number of allylic oxidation sites excluding steroid dienone is 10. The number of carbonyl (C=O) groups is 3. The van der Waals surface area contributed by atoms with E-state index in [9.17, 15) is 14.4 Å². The van der Waals surface area contributed by atoms with Crippen molar-refractivity contribution in [2.75, 3.05) is 0 Å². The third kappa shape index (κ3) is 31.8. The van der Waals surface area contributed by atoms with Gasteiger partial charge < -0.3 is 9.47 Å². The van der Waals surface area contributed by atoms with Gasteiger partial charge in [-0.2, -0.15) is 0 Å². The lowest BCUT2D eigenvalue weighted by Gasteiger charge is -2.04. The first-order valence-corrected chi connectivity index (χ1v) is 16.8. The molecule has 0 aliphatic carbocycles. The number of ether oxygens (including phenoxy) is 2. The second-order valence-corrected chi connectivity index (χ2v) is 10.8. The summed E-state index contributed by atoms with van der Waals surface area (Å²) >= 11 is 0. The summed E-state index contributed by atoms with van der Waals surface area (Å²) in [4.78, 5) is 35.3. The van der Waals surface area contributed by atoms with Crippen LogP contribution in [-0.4, -0.2) is 18.1 Å². The van der Waals surface area contributed by atoms with Crippen LogP contribution in [0.4, 0.5) is 4.79 Å². The molecular formula is C37H60O5. The van der Waals surface area contributed by atoms with Crippen LogP contribution in [0.15, 0.2) is 60.8 Å². The van der Waals surface area contributed by atoms with Crippen LogP contribution in [0.3, 0.4) is 0 Å². The van der Waals surface area contributed by atoms with Crippen LogP contribution in [0, 0.1) is 0 Å². The number of esters is 2. The molecule has 0 atom stereocenters. The molecule has 238 valence electrons. The molecule has 0 bridgehead atoms. The largest absolute Gasteiger partial charge is 0.524 e. The summed E-state index contributed by atoms with van der Waals surface area (Å²) in [5, 5.41) is 0. The molecule has 0 amide bonds. The summed E-state index contributed by atoms with van der Waals surface area (Å²) in [6.07, 6.45) is 42.4. The average Bonchev–Trinajstić information content (AvgIpc) is 2.97. The van der Waals surface area contributed by atoms with Crippen molar-refractivity contribution in [2.45, 2.75) is 155 Å². The third-order valence-corrected chi connectivity index (χ3v) is 6.76. The van der Waals surface area contributed by atoms with E-state index >= 15 is 0 Å². The molecule has 0 fully saturated rings. The zero-order valence-corrected chi connectivity index (χ0v) is 26.9. The zero-order chi connectivity index (χ0) is 30.8. The summed E-state index contributed by atoms with van der Waals surface area (Å²) in [7, 11) is 0.